The summed E-state index contributed by atoms with van der Waals surface area (Å²) >= 11 is 0. The van der Waals surface area contributed by atoms with Gasteiger partial charge in [-0.2, -0.15) is 0 Å². The van der Waals surface area contributed by atoms with E-state index in [0.717, 1.165) is 6.42 Å². The van der Waals surface area contributed by atoms with Crippen LogP contribution in [0.25, 0.3) is 33.1 Å². The van der Waals surface area contributed by atoms with Crippen molar-refractivity contribution >= 4 is 27.9 Å². The molecule has 0 spiro atoms. The molecule has 15 atom stereocenters. The quantitative estimate of drug-likeness (QED) is 0.0642. The highest BCUT2D eigenvalue weighted by Crippen LogP contribution is 2.58. The van der Waals surface area contributed by atoms with Crippen molar-refractivity contribution in [3.8, 4) is 39.9 Å². The van der Waals surface area contributed by atoms with Gasteiger partial charge in [0.2, 0.25) is 11.7 Å². The number of carbonyl (C=O) groups excluding carboxylic acids is 1. The van der Waals surface area contributed by atoms with Crippen LogP contribution in [0, 0.1) is 0 Å². The first-order valence-corrected chi connectivity index (χ1v) is 22.5. The summed E-state index contributed by atoms with van der Waals surface area (Å²) in [5.41, 5.74) is -2.11. The predicted octanol–water partition coefficient (Wildman–Crippen LogP) is 3.35. The van der Waals surface area contributed by atoms with Gasteiger partial charge in [0.05, 0.1) is 43.7 Å². The maximum absolute atomic E-state index is 14.5. The zero-order valence-corrected chi connectivity index (χ0v) is 37.6. The van der Waals surface area contributed by atoms with E-state index < -0.39 is 132 Å². The number of methoxy groups -OCH3 is 2. The first-order valence-electron chi connectivity index (χ1n) is 22.5. The van der Waals surface area contributed by atoms with Gasteiger partial charge in [-0.3, -0.25) is 4.79 Å². The summed E-state index contributed by atoms with van der Waals surface area (Å²) in [7, 11) is 2.70. The number of benzene rings is 3. The first-order chi connectivity index (χ1) is 31.9. The highest BCUT2D eigenvalue weighted by Gasteiger charge is 2.47. The third kappa shape index (κ3) is 8.04. The van der Waals surface area contributed by atoms with Gasteiger partial charge in [-0.15, -0.1) is 0 Å². The Balaban J connectivity index is 0.960. The summed E-state index contributed by atoms with van der Waals surface area (Å²) in [6, 6.07) is 4.09. The van der Waals surface area contributed by atoms with Crippen LogP contribution in [0.15, 0.2) is 27.4 Å². The monoisotopic (exact) mass is 954 g/mol. The van der Waals surface area contributed by atoms with Gasteiger partial charge < -0.3 is 87.9 Å². The molecule has 5 aliphatic rings. The summed E-state index contributed by atoms with van der Waals surface area (Å²) in [6.07, 6.45) is -12.6. The van der Waals surface area contributed by atoms with E-state index in [1.165, 1.54) is 32.4 Å². The van der Waals surface area contributed by atoms with Crippen LogP contribution in [0.1, 0.15) is 99.1 Å². The second kappa shape index (κ2) is 18.2. The Morgan fingerprint density at radius 2 is 1.37 bits per heavy atom. The highest BCUT2D eigenvalue weighted by atomic mass is 16.7. The maximum Gasteiger partial charge on any atom is 0.342 e. The number of aliphatic hydroxyl groups excluding tert-OH is 5. The normalized spacial score (nSPS) is 34.0. The molecular weight excluding hydrogens is 898 g/mol. The molecule has 0 amide bonds. The average Bonchev–Trinajstić information content (AvgIpc) is 3.27. The number of cyclic esters (lactones) is 1. The van der Waals surface area contributed by atoms with Gasteiger partial charge >= 0.3 is 5.97 Å². The zero-order valence-electron chi connectivity index (χ0n) is 37.6. The summed E-state index contributed by atoms with van der Waals surface area (Å²) in [5, 5.41) is 90.2. The Kier molecular flexibility index (Phi) is 12.9. The molecule has 5 heterocycles. The van der Waals surface area contributed by atoms with Crippen LogP contribution in [0.3, 0.4) is 0 Å². The molecule has 0 radical (unpaired) electrons. The number of phenolic OH excluding ortho intramolecular Hbond substituents is 3. The number of esters is 1. The lowest BCUT2D eigenvalue weighted by atomic mass is 9.99. The van der Waals surface area contributed by atoms with Gasteiger partial charge in [0.15, 0.2) is 35.4 Å². The molecule has 0 bridgehead atoms. The van der Waals surface area contributed by atoms with Crippen LogP contribution < -0.4 is 14.9 Å². The van der Waals surface area contributed by atoms with E-state index in [-0.39, 0.29) is 76.2 Å². The van der Waals surface area contributed by atoms with Crippen molar-refractivity contribution in [1.29, 1.82) is 0 Å². The summed E-state index contributed by atoms with van der Waals surface area (Å²) in [5.74, 6) is -3.48. The van der Waals surface area contributed by atoms with E-state index in [1.54, 1.807) is 20.8 Å². The minimum absolute atomic E-state index is 0.0116. The fourth-order valence-corrected chi connectivity index (χ4v) is 10.3. The third-order valence-corrected chi connectivity index (χ3v) is 13.6. The van der Waals surface area contributed by atoms with Crippen molar-refractivity contribution < 1.29 is 92.7 Å². The van der Waals surface area contributed by atoms with E-state index >= 15 is 0 Å². The summed E-state index contributed by atoms with van der Waals surface area (Å²) in [4.78, 5) is 27.8. The molecule has 3 unspecified atom stereocenters. The number of rotatable bonds is 10. The molecule has 1 aromatic heterocycles. The lowest BCUT2D eigenvalue weighted by Gasteiger charge is -2.44. The van der Waals surface area contributed by atoms with Crippen LogP contribution in [0.4, 0.5) is 0 Å². The van der Waals surface area contributed by atoms with E-state index in [2.05, 4.69) is 0 Å². The Morgan fingerprint density at radius 3 is 2.01 bits per heavy atom. The molecular formula is C47H56O20. The lowest BCUT2D eigenvalue weighted by molar-refractivity contribution is -0.331. The number of aliphatic hydroxyl groups is 5. The van der Waals surface area contributed by atoms with Gasteiger partial charge in [-0.25, -0.2) is 4.79 Å². The number of aromatic hydroxyl groups is 3. The molecule has 364 valence electrons. The Morgan fingerprint density at radius 1 is 0.731 bits per heavy atom. The van der Waals surface area contributed by atoms with E-state index in [1.807, 2.05) is 6.92 Å². The van der Waals surface area contributed by atoms with Gasteiger partial charge in [-0.1, -0.05) is 19.4 Å². The van der Waals surface area contributed by atoms with Gasteiger partial charge in [0.25, 0.3) is 0 Å². The largest absolute Gasteiger partial charge is 0.506 e. The summed E-state index contributed by atoms with van der Waals surface area (Å²) in [6.45, 7) is 6.97. The number of phenols is 3. The highest BCUT2D eigenvalue weighted by molar-refractivity contribution is 6.07. The van der Waals surface area contributed by atoms with Crippen molar-refractivity contribution in [2.24, 2.45) is 0 Å². The third-order valence-electron chi connectivity index (χ3n) is 13.6. The number of hydrogen-bond donors (Lipinski definition) is 8. The minimum atomic E-state index is -1.76. The maximum atomic E-state index is 14.5. The topological polar surface area (TPSA) is 292 Å². The molecule has 1 aliphatic carbocycles. The smallest absolute Gasteiger partial charge is 0.342 e. The van der Waals surface area contributed by atoms with E-state index in [0.29, 0.717) is 12.0 Å². The molecule has 8 N–H and O–H groups in total. The van der Waals surface area contributed by atoms with Gasteiger partial charge in [0, 0.05) is 49.5 Å². The number of fused-ring (bicyclic) bond motifs is 6. The molecule has 3 fully saturated rings. The van der Waals surface area contributed by atoms with Gasteiger partial charge in [-0.05, 0) is 50.5 Å². The fraction of sp³-hybridized carbons (Fsp3) is 0.574. The molecule has 4 aromatic rings. The van der Waals surface area contributed by atoms with Crippen molar-refractivity contribution in [2.75, 3.05) is 14.2 Å². The average molecular weight is 955 g/mol. The molecule has 9 rings (SSSR count). The number of carbonyl (C=O) groups is 1. The molecule has 20 heteroatoms. The van der Waals surface area contributed by atoms with Crippen LogP contribution in [0.2, 0.25) is 0 Å². The zero-order chi connectivity index (χ0) is 47.9. The predicted molar refractivity (Wildman–Crippen MR) is 231 cm³/mol. The molecule has 20 nitrogen and oxygen atoms in total. The Hall–Kier alpha value is -4.84. The van der Waals surface area contributed by atoms with Crippen LogP contribution >= 0.6 is 0 Å². The molecule has 4 aliphatic heterocycles. The van der Waals surface area contributed by atoms with E-state index in [9.17, 15) is 50.4 Å². The fourth-order valence-electron chi connectivity index (χ4n) is 10.3. The second-order valence-corrected chi connectivity index (χ2v) is 18.0. The van der Waals surface area contributed by atoms with Crippen molar-refractivity contribution in [1.82, 2.24) is 0 Å². The standard InChI is InChI=1S/C47H56O20/c1-7-8-20-11-19-12-21-31(39(53)30(19)47(57)63-20)33-34(42(56)37(21)51)45(59-6)46-35(41(33)55)40(54)32-24(65-46)9-10-25(38(32)52)64-27-13-22(48)43(17(3)61-27)66-28-14-23(49)44(18(4)62-28)67-29-15-26(58-5)36(50)16(2)60-29/h9-10,12,16-18,20,22-23,26-29,36-37,42-44,48-53,55-56H,7-8,11,13-15H2,1-6H3/t16-,17-,18-,20?,22-,23-,26-,27+,28+,29+,36-,37?,42?,43-,44-/m1/s1/i1+1,8+1,10+1,11+1,12+1,24+1,30+1,31+1,34+1,37+1,38+1,40+1,41+1,46+1. The van der Waals surface area contributed by atoms with Crippen LogP contribution in [-0.2, 0) is 39.6 Å². The number of hydrogen-bond acceptors (Lipinski definition) is 20. The first kappa shape index (κ1) is 47.2. The van der Waals surface area contributed by atoms with Crippen molar-refractivity contribution in [3.63, 3.8) is 0 Å². The summed E-state index contributed by atoms with van der Waals surface area (Å²) < 4.78 is 58.8. The van der Waals surface area contributed by atoms with Gasteiger partial charge in [0.1, 0.15) is 70.0 Å². The lowest BCUT2D eigenvalue weighted by Crippen LogP contribution is -2.56. The second-order valence-electron chi connectivity index (χ2n) is 18.0. The number of ether oxygens (including phenoxy) is 9. The Bertz CT molecular complexity index is 2590. The van der Waals surface area contributed by atoms with E-state index in [4.69, 9.17) is 47.0 Å². The molecule has 0 saturated carbocycles. The molecule has 3 saturated heterocycles. The Labute approximate surface area is 383 Å². The van der Waals surface area contributed by atoms with Crippen molar-refractivity contribution in [2.45, 2.75) is 158 Å². The minimum Gasteiger partial charge on any atom is -0.506 e. The SMILES string of the molecule is COc1[13c]2c([13c](O)c3[13c](=O)c4[13c](O)c(O[C@H]5C[C@@H](O)[C@H](O[C@H]6C[C@@H](O)[C@H](O[C@H]7C[C@@H](OC)[C@H](O)[C@@H](C)O7)[C@@H](C)O6)[C@@H](C)O5)[13cH]c[13c]4o[13c]13)-[13c]1c([13cH]c3[13c](c1O)C(=O)OC([13CH2]C[13CH3])[13CH2]3)[13CH](O)C2O. The molecule has 3 aromatic carbocycles. The van der Waals surface area contributed by atoms with Crippen LogP contribution in [0.5, 0.6) is 28.7 Å². The van der Waals surface area contributed by atoms with Crippen molar-refractivity contribution in [3.05, 3.63) is 50.7 Å². The van der Waals surface area contributed by atoms with Crippen LogP contribution in [-0.4, -0.2) is 141 Å². The molecule has 67 heavy (non-hydrogen) atoms.